The van der Waals surface area contributed by atoms with E-state index in [9.17, 15) is 12.8 Å². The number of hydrogen-bond donors (Lipinski definition) is 1. The van der Waals surface area contributed by atoms with E-state index in [1.54, 1.807) is 18.5 Å². The van der Waals surface area contributed by atoms with E-state index in [1.807, 2.05) is 4.57 Å². The van der Waals surface area contributed by atoms with Crippen molar-refractivity contribution >= 4 is 40.9 Å². The third-order valence-electron chi connectivity index (χ3n) is 6.41. The Balaban J connectivity index is 1.44. The third kappa shape index (κ3) is 6.54. The molecule has 0 aliphatic rings. The molecule has 0 aliphatic heterocycles. The smallest absolute Gasteiger partial charge is 0.267 e. The van der Waals surface area contributed by atoms with Crippen molar-refractivity contribution < 1.29 is 26.7 Å². The molecule has 0 amide bonds. The number of benzene rings is 1. The van der Waals surface area contributed by atoms with Gasteiger partial charge in [-0.15, -0.1) is 0 Å². The molecule has 0 saturated carbocycles. The number of halogens is 3. The fourth-order valence-corrected chi connectivity index (χ4v) is 6.37. The van der Waals surface area contributed by atoms with Crippen LogP contribution in [0.15, 0.2) is 60.1 Å². The average molecular weight is 648 g/mol. The summed E-state index contributed by atoms with van der Waals surface area (Å²) in [6.07, 6.45) is 6.02. The highest BCUT2D eigenvalue weighted by atomic mass is 35.5. The Kier molecular flexibility index (Phi) is 8.51. The van der Waals surface area contributed by atoms with Crippen LogP contribution in [0.2, 0.25) is 30.7 Å². The number of ether oxygens (including phenoxy) is 2. The van der Waals surface area contributed by atoms with Gasteiger partial charge in [-0.1, -0.05) is 31.2 Å². The SMILES string of the molecule is COc1ncc(Cl)cc1S(=O)(=O)Nc1ccc(F)c(-c2ccc3c(-c4nccn4COCC[Si](C)(C)C)ncn3n2)c1F. The van der Waals surface area contributed by atoms with Gasteiger partial charge in [0.2, 0.25) is 5.88 Å². The van der Waals surface area contributed by atoms with Gasteiger partial charge >= 0.3 is 0 Å². The van der Waals surface area contributed by atoms with Crippen LogP contribution in [0.5, 0.6) is 5.88 Å². The summed E-state index contributed by atoms with van der Waals surface area (Å²) in [7, 11) is -4.43. The van der Waals surface area contributed by atoms with E-state index in [1.165, 1.54) is 30.2 Å². The number of methoxy groups -OCH3 is 1. The number of hydrogen-bond acceptors (Lipinski definition) is 8. The molecule has 0 unspecified atom stereocenters. The molecule has 4 heterocycles. The molecule has 5 rings (SSSR count). The minimum Gasteiger partial charge on any atom is -0.480 e. The van der Waals surface area contributed by atoms with Crippen molar-refractivity contribution in [1.29, 1.82) is 0 Å². The second-order valence-corrected chi connectivity index (χ2v) is 18.5. The fraction of sp³-hybridized carbons (Fsp3) is 0.259. The summed E-state index contributed by atoms with van der Waals surface area (Å²) in [5, 5.41) is 4.37. The van der Waals surface area contributed by atoms with Gasteiger partial charge in [-0.05, 0) is 36.4 Å². The molecule has 0 saturated heterocycles. The second kappa shape index (κ2) is 12.0. The number of rotatable bonds is 11. The van der Waals surface area contributed by atoms with E-state index >= 15 is 4.39 Å². The van der Waals surface area contributed by atoms with E-state index in [4.69, 9.17) is 21.1 Å². The Morgan fingerprint density at radius 2 is 1.88 bits per heavy atom. The molecule has 0 atom stereocenters. The molecule has 0 fully saturated rings. The fourth-order valence-electron chi connectivity index (χ4n) is 4.19. The van der Waals surface area contributed by atoms with Crippen LogP contribution >= 0.6 is 11.6 Å². The second-order valence-electron chi connectivity index (χ2n) is 10.8. The van der Waals surface area contributed by atoms with Crippen LogP contribution in [0.25, 0.3) is 28.3 Å². The number of sulfonamides is 1. The first kappa shape index (κ1) is 30.5. The first-order valence-electron chi connectivity index (χ1n) is 13.0. The molecule has 11 nitrogen and oxygen atoms in total. The maximum atomic E-state index is 15.7. The molecule has 1 N–H and O–H groups in total. The van der Waals surface area contributed by atoms with Gasteiger partial charge in [0.1, 0.15) is 24.6 Å². The summed E-state index contributed by atoms with van der Waals surface area (Å²) in [5.41, 5.74) is -0.0953. The van der Waals surface area contributed by atoms with Gasteiger partial charge in [-0.25, -0.2) is 36.7 Å². The van der Waals surface area contributed by atoms with Crippen LogP contribution < -0.4 is 9.46 Å². The van der Waals surface area contributed by atoms with Crippen molar-refractivity contribution in [3.05, 3.63) is 71.9 Å². The number of anilines is 1. The van der Waals surface area contributed by atoms with Crippen molar-refractivity contribution in [3.8, 4) is 28.7 Å². The Labute approximate surface area is 252 Å². The van der Waals surface area contributed by atoms with Crippen molar-refractivity contribution in [3.63, 3.8) is 0 Å². The standard InChI is InChI=1S/C27H28ClF2N7O4SSi/c1-40-27-22(13-17(28)14-32-27)42(38,39)35-20-6-5-18(29)23(24(20)30)19-7-8-21-25(33-15-37(21)34-19)26-31-9-10-36(26)16-41-11-12-43(2,3)4/h5-10,13-15,35H,11-12,16H2,1-4H3. The molecule has 226 valence electrons. The highest BCUT2D eigenvalue weighted by molar-refractivity contribution is 7.92. The van der Waals surface area contributed by atoms with Crippen LogP contribution in [0.1, 0.15) is 0 Å². The largest absolute Gasteiger partial charge is 0.480 e. The van der Waals surface area contributed by atoms with Gasteiger partial charge in [0.25, 0.3) is 10.0 Å². The van der Waals surface area contributed by atoms with E-state index < -0.39 is 45.9 Å². The van der Waals surface area contributed by atoms with E-state index in [2.05, 4.69) is 44.4 Å². The molecular weight excluding hydrogens is 620 g/mol. The first-order valence-corrected chi connectivity index (χ1v) is 18.6. The van der Waals surface area contributed by atoms with E-state index in [0.717, 1.165) is 24.2 Å². The predicted octanol–water partition coefficient (Wildman–Crippen LogP) is 5.71. The van der Waals surface area contributed by atoms with Gasteiger partial charge in [0, 0.05) is 33.3 Å². The molecule has 0 bridgehead atoms. The van der Waals surface area contributed by atoms with Gasteiger partial charge < -0.3 is 14.0 Å². The number of nitrogens with one attached hydrogen (secondary N) is 1. The van der Waals surface area contributed by atoms with E-state index in [0.29, 0.717) is 30.4 Å². The number of nitrogens with zero attached hydrogens (tertiary/aromatic N) is 6. The molecule has 43 heavy (non-hydrogen) atoms. The van der Waals surface area contributed by atoms with Crippen LogP contribution in [0, 0.1) is 11.6 Å². The Morgan fingerprint density at radius 1 is 1.09 bits per heavy atom. The summed E-state index contributed by atoms with van der Waals surface area (Å²) >= 11 is 5.91. The van der Waals surface area contributed by atoms with Crippen LogP contribution in [-0.2, 0) is 21.5 Å². The summed E-state index contributed by atoms with van der Waals surface area (Å²) in [5.74, 6) is -1.82. The summed E-state index contributed by atoms with van der Waals surface area (Å²) in [6.45, 7) is 7.76. The zero-order valence-corrected chi connectivity index (χ0v) is 26.2. The molecule has 0 aliphatic carbocycles. The van der Waals surface area contributed by atoms with Gasteiger partial charge in [-0.3, -0.25) is 4.72 Å². The van der Waals surface area contributed by atoms with Crippen molar-refractivity contribution in [1.82, 2.24) is 29.1 Å². The van der Waals surface area contributed by atoms with Crippen molar-refractivity contribution in [2.75, 3.05) is 18.4 Å². The maximum absolute atomic E-state index is 15.7. The summed E-state index contributed by atoms with van der Waals surface area (Å²) in [4.78, 5) is 12.3. The quantitative estimate of drug-likeness (QED) is 0.143. The normalized spacial score (nSPS) is 12.2. The lowest BCUT2D eigenvalue weighted by Crippen LogP contribution is -2.22. The summed E-state index contributed by atoms with van der Waals surface area (Å²) in [6, 6.07) is 7.06. The van der Waals surface area contributed by atoms with Gasteiger partial charge in [-0.2, -0.15) is 5.10 Å². The maximum Gasteiger partial charge on any atom is 0.267 e. The van der Waals surface area contributed by atoms with Crippen molar-refractivity contribution in [2.45, 2.75) is 37.3 Å². The minimum absolute atomic E-state index is 0.0238. The van der Waals surface area contributed by atoms with Crippen LogP contribution in [0.4, 0.5) is 14.5 Å². The molecule has 5 aromatic rings. The minimum atomic E-state index is -4.43. The number of imidazole rings is 2. The lowest BCUT2D eigenvalue weighted by atomic mass is 10.1. The third-order valence-corrected chi connectivity index (χ3v) is 9.68. The lowest BCUT2D eigenvalue weighted by Gasteiger charge is -2.16. The highest BCUT2D eigenvalue weighted by Crippen LogP contribution is 2.33. The lowest BCUT2D eigenvalue weighted by molar-refractivity contribution is 0.0882. The Hall–Kier alpha value is -3.92. The number of aromatic nitrogens is 6. The zero-order chi connectivity index (χ0) is 30.9. The molecule has 0 spiro atoms. The Morgan fingerprint density at radius 3 is 2.63 bits per heavy atom. The molecule has 16 heteroatoms. The average Bonchev–Trinajstić information content (AvgIpc) is 3.58. The van der Waals surface area contributed by atoms with Gasteiger partial charge in [0.05, 0.1) is 34.6 Å². The number of pyridine rings is 1. The van der Waals surface area contributed by atoms with Gasteiger partial charge in [0.15, 0.2) is 16.5 Å². The topological polar surface area (TPSA) is 126 Å². The molecular formula is C27H28ClF2N7O4SSi. The predicted molar refractivity (Wildman–Crippen MR) is 160 cm³/mol. The first-order chi connectivity index (χ1) is 20.4. The molecule has 4 aromatic heterocycles. The Bertz CT molecular complexity index is 1910. The number of fused-ring (bicyclic) bond motifs is 1. The van der Waals surface area contributed by atoms with Crippen molar-refractivity contribution in [2.24, 2.45) is 0 Å². The zero-order valence-electron chi connectivity index (χ0n) is 23.7. The van der Waals surface area contributed by atoms with Crippen LogP contribution in [-0.4, -0.2) is 59.3 Å². The monoisotopic (exact) mass is 647 g/mol. The molecule has 1 aromatic carbocycles. The van der Waals surface area contributed by atoms with E-state index in [-0.39, 0.29) is 16.6 Å². The highest BCUT2D eigenvalue weighted by Gasteiger charge is 2.26. The van der Waals surface area contributed by atoms with Crippen LogP contribution in [0.3, 0.4) is 0 Å². The molecule has 0 radical (unpaired) electrons. The summed E-state index contributed by atoms with van der Waals surface area (Å²) < 4.78 is 73.0.